The van der Waals surface area contributed by atoms with E-state index in [1.165, 1.54) is 4.31 Å². The van der Waals surface area contributed by atoms with Crippen LogP contribution in [0.4, 0.5) is 17.5 Å². The second-order valence-corrected chi connectivity index (χ2v) is 9.96. The maximum atomic E-state index is 13.5. The molecule has 10 heteroatoms. The SMILES string of the molecule is CCOc1ccc(OCC)c(S(=O)(=O)N2CCN(c3nc(C)cc(Nc4ccccc4)n3)CC2)c1. The van der Waals surface area contributed by atoms with Gasteiger partial charge in [-0.25, -0.2) is 13.4 Å². The number of piperazine rings is 1. The summed E-state index contributed by atoms with van der Waals surface area (Å²) in [7, 11) is -3.77. The van der Waals surface area contributed by atoms with E-state index < -0.39 is 10.0 Å². The molecule has 3 aromatic rings. The second kappa shape index (κ2) is 10.9. The molecule has 1 aliphatic heterocycles. The second-order valence-electron chi connectivity index (χ2n) is 8.05. The van der Waals surface area contributed by atoms with Gasteiger partial charge in [-0.15, -0.1) is 0 Å². The molecular weight excluding hydrogens is 466 g/mol. The minimum absolute atomic E-state index is 0.125. The molecule has 1 aromatic heterocycles. The van der Waals surface area contributed by atoms with Crippen molar-refractivity contribution < 1.29 is 17.9 Å². The van der Waals surface area contributed by atoms with Crippen LogP contribution >= 0.6 is 0 Å². The van der Waals surface area contributed by atoms with Gasteiger partial charge in [0.05, 0.1) is 13.2 Å². The van der Waals surface area contributed by atoms with Crippen molar-refractivity contribution in [2.24, 2.45) is 0 Å². The molecule has 1 fully saturated rings. The van der Waals surface area contributed by atoms with E-state index in [0.717, 1.165) is 11.4 Å². The lowest BCUT2D eigenvalue weighted by Crippen LogP contribution is -2.49. The highest BCUT2D eigenvalue weighted by Crippen LogP contribution is 2.32. The number of nitrogens with zero attached hydrogens (tertiary/aromatic N) is 4. The van der Waals surface area contributed by atoms with E-state index >= 15 is 0 Å². The average molecular weight is 498 g/mol. The van der Waals surface area contributed by atoms with Crippen LogP contribution in [0.3, 0.4) is 0 Å². The molecule has 0 atom stereocenters. The zero-order chi connectivity index (χ0) is 24.8. The molecule has 1 saturated heterocycles. The fourth-order valence-corrected chi connectivity index (χ4v) is 5.48. The van der Waals surface area contributed by atoms with Crippen LogP contribution in [0.25, 0.3) is 0 Å². The van der Waals surface area contributed by atoms with E-state index in [4.69, 9.17) is 9.47 Å². The predicted molar refractivity (Wildman–Crippen MR) is 136 cm³/mol. The Kier molecular flexibility index (Phi) is 7.72. The number of nitrogens with one attached hydrogen (secondary N) is 1. The first kappa shape index (κ1) is 24.7. The molecule has 1 aliphatic rings. The summed E-state index contributed by atoms with van der Waals surface area (Å²) in [4.78, 5) is 11.4. The van der Waals surface area contributed by atoms with Crippen molar-refractivity contribution in [2.45, 2.75) is 25.7 Å². The van der Waals surface area contributed by atoms with Crippen LogP contribution in [-0.4, -0.2) is 62.1 Å². The first-order valence-corrected chi connectivity index (χ1v) is 13.2. The van der Waals surface area contributed by atoms with Crippen LogP contribution in [0, 0.1) is 6.92 Å². The van der Waals surface area contributed by atoms with Gasteiger partial charge in [0.1, 0.15) is 22.2 Å². The zero-order valence-corrected chi connectivity index (χ0v) is 21.1. The smallest absolute Gasteiger partial charge is 0.247 e. The summed E-state index contributed by atoms with van der Waals surface area (Å²) in [5.74, 6) is 2.11. The number of hydrogen-bond acceptors (Lipinski definition) is 8. The monoisotopic (exact) mass is 497 g/mol. The highest BCUT2D eigenvalue weighted by Gasteiger charge is 2.32. The van der Waals surface area contributed by atoms with Gasteiger partial charge in [-0.2, -0.15) is 9.29 Å². The van der Waals surface area contributed by atoms with E-state index in [9.17, 15) is 8.42 Å². The minimum atomic E-state index is -3.77. The molecule has 35 heavy (non-hydrogen) atoms. The van der Waals surface area contributed by atoms with Crippen LogP contribution in [0.5, 0.6) is 11.5 Å². The van der Waals surface area contributed by atoms with Crippen molar-refractivity contribution in [1.82, 2.24) is 14.3 Å². The first-order valence-electron chi connectivity index (χ1n) is 11.7. The van der Waals surface area contributed by atoms with Crippen molar-refractivity contribution in [1.29, 1.82) is 0 Å². The summed E-state index contributed by atoms with van der Waals surface area (Å²) in [5.41, 5.74) is 1.77. The van der Waals surface area contributed by atoms with Crippen molar-refractivity contribution in [3.8, 4) is 11.5 Å². The number of hydrogen-bond donors (Lipinski definition) is 1. The van der Waals surface area contributed by atoms with Crippen molar-refractivity contribution >= 4 is 27.5 Å². The molecule has 2 heterocycles. The molecule has 0 spiro atoms. The van der Waals surface area contributed by atoms with Crippen molar-refractivity contribution in [3.05, 3.63) is 60.3 Å². The summed E-state index contributed by atoms with van der Waals surface area (Å²) in [6.45, 7) is 8.00. The Morgan fingerprint density at radius 1 is 0.914 bits per heavy atom. The van der Waals surface area contributed by atoms with E-state index in [0.29, 0.717) is 62.7 Å². The Balaban J connectivity index is 1.50. The predicted octanol–water partition coefficient (Wildman–Crippen LogP) is 3.84. The van der Waals surface area contributed by atoms with Gasteiger partial charge < -0.3 is 19.7 Å². The van der Waals surface area contributed by atoms with E-state index in [1.807, 2.05) is 62.1 Å². The standard InChI is InChI=1S/C25H31N5O4S/c1-4-33-21-11-12-22(34-5-2)23(18-21)35(31,32)30-15-13-29(14-16-30)25-26-19(3)17-24(28-25)27-20-9-7-6-8-10-20/h6-12,17-18H,4-5,13-16H2,1-3H3,(H,26,27,28). The summed E-state index contributed by atoms with van der Waals surface area (Å²) in [6.07, 6.45) is 0. The van der Waals surface area contributed by atoms with Gasteiger partial charge in [-0.1, -0.05) is 18.2 Å². The third-order valence-corrected chi connectivity index (χ3v) is 7.47. The molecule has 0 aliphatic carbocycles. The maximum absolute atomic E-state index is 13.5. The quantitative estimate of drug-likeness (QED) is 0.476. The average Bonchev–Trinajstić information content (AvgIpc) is 2.85. The normalized spacial score (nSPS) is 14.5. The lowest BCUT2D eigenvalue weighted by Gasteiger charge is -2.34. The number of rotatable bonds is 9. The fraction of sp³-hybridized carbons (Fsp3) is 0.360. The molecule has 2 aromatic carbocycles. The Hall–Kier alpha value is -3.37. The summed E-state index contributed by atoms with van der Waals surface area (Å²) < 4.78 is 39.7. The third kappa shape index (κ3) is 5.83. The number of aryl methyl sites for hydroxylation is 1. The lowest BCUT2D eigenvalue weighted by molar-refractivity contribution is 0.319. The number of aromatic nitrogens is 2. The lowest BCUT2D eigenvalue weighted by atomic mass is 10.3. The van der Waals surface area contributed by atoms with Crippen molar-refractivity contribution in [3.63, 3.8) is 0 Å². The van der Waals surface area contributed by atoms with Gasteiger partial charge in [-0.05, 0) is 45.0 Å². The summed E-state index contributed by atoms with van der Waals surface area (Å²) >= 11 is 0. The van der Waals surface area contributed by atoms with E-state index in [2.05, 4.69) is 15.3 Å². The van der Waals surface area contributed by atoms with Crippen LogP contribution in [0.1, 0.15) is 19.5 Å². The maximum Gasteiger partial charge on any atom is 0.247 e. The zero-order valence-electron chi connectivity index (χ0n) is 20.3. The molecule has 0 bridgehead atoms. The number of anilines is 3. The van der Waals surface area contributed by atoms with Gasteiger partial charge in [0.2, 0.25) is 16.0 Å². The Bertz CT molecular complexity index is 1250. The highest BCUT2D eigenvalue weighted by molar-refractivity contribution is 7.89. The van der Waals surface area contributed by atoms with Gasteiger partial charge in [0.25, 0.3) is 0 Å². The molecule has 9 nitrogen and oxygen atoms in total. The van der Waals surface area contributed by atoms with Gasteiger partial charge in [0, 0.05) is 49.7 Å². The number of benzene rings is 2. The summed E-state index contributed by atoms with van der Waals surface area (Å²) in [5, 5.41) is 3.30. The van der Waals surface area contributed by atoms with Crippen LogP contribution in [0.15, 0.2) is 59.5 Å². The fourth-order valence-electron chi connectivity index (χ4n) is 3.92. The number of sulfonamides is 1. The molecule has 0 amide bonds. The largest absolute Gasteiger partial charge is 0.494 e. The number of ether oxygens (including phenoxy) is 2. The van der Waals surface area contributed by atoms with Gasteiger partial charge in [0.15, 0.2) is 0 Å². The molecule has 0 saturated carbocycles. The van der Waals surface area contributed by atoms with Crippen LogP contribution < -0.4 is 19.7 Å². The number of para-hydroxylation sites is 1. The van der Waals surface area contributed by atoms with E-state index in [1.54, 1.807) is 18.2 Å². The Morgan fingerprint density at radius 2 is 1.63 bits per heavy atom. The molecular formula is C25H31N5O4S. The Labute approximate surface area is 206 Å². The summed E-state index contributed by atoms with van der Waals surface area (Å²) in [6, 6.07) is 16.6. The molecule has 4 rings (SSSR count). The molecule has 1 N–H and O–H groups in total. The van der Waals surface area contributed by atoms with Gasteiger partial charge in [-0.3, -0.25) is 0 Å². The minimum Gasteiger partial charge on any atom is -0.494 e. The van der Waals surface area contributed by atoms with Crippen LogP contribution in [-0.2, 0) is 10.0 Å². The highest BCUT2D eigenvalue weighted by atomic mass is 32.2. The first-order chi connectivity index (χ1) is 16.9. The van der Waals surface area contributed by atoms with E-state index in [-0.39, 0.29) is 4.90 Å². The van der Waals surface area contributed by atoms with Gasteiger partial charge >= 0.3 is 0 Å². The topological polar surface area (TPSA) is 96.9 Å². The molecule has 0 unspecified atom stereocenters. The van der Waals surface area contributed by atoms with Crippen LogP contribution in [0.2, 0.25) is 0 Å². The Morgan fingerprint density at radius 3 is 2.31 bits per heavy atom. The van der Waals surface area contributed by atoms with Crippen molar-refractivity contribution in [2.75, 3.05) is 49.6 Å². The third-order valence-electron chi connectivity index (χ3n) is 5.55. The molecule has 186 valence electrons. The molecule has 0 radical (unpaired) electrons.